The van der Waals surface area contributed by atoms with Crippen LogP contribution in [0.25, 0.3) is 0 Å². The number of ether oxygens (including phenoxy) is 1. The Balaban J connectivity index is 1.41. The van der Waals surface area contributed by atoms with Crippen molar-refractivity contribution in [2.24, 2.45) is 4.99 Å². The lowest BCUT2D eigenvalue weighted by atomic mass is 10.0. The summed E-state index contributed by atoms with van der Waals surface area (Å²) in [6.45, 7) is 6.08. The number of rotatable bonds is 7. The summed E-state index contributed by atoms with van der Waals surface area (Å²) in [5.41, 5.74) is 3.68. The fourth-order valence-corrected chi connectivity index (χ4v) is 3.85. The molecule has 3 N–H and O–H groups in total. The zero-order valence-electron chi connectivity index (χ0n) is 18.3. The molecule has 2 aromatic rings. The van der Waals surface area contributed by atoms with Gasteiger partial charge in [-0.15, -0.1) is 0 Å². The van der Waals surface area contributed by atoms with Crippen molar-refractivity contribution in [3.63, 3.8) is 0 Å². The molecule has 1 aliphatic heterocycles. The molecule has 0 unspecified atom stereocenters. The van der Waals surface area contributed by atoms with E-state index < -0.39 is 0 Å². The predicted octanol–water partition coefficient (Wildman–Crippen LogP) is 3.08. The van der Waals surface area contributed by atoms with Gasteiger partial charge in [-0.1, -0.05) is 30.3 Å². The number of piperidine rings is 1. The predicted molar refractivity (Wildman–Crippen MR) is 122 cm³/mol. The van der Waals surface area contributed by atoms with Crippen LogP contribution in [0.3, 0.4) is 0 Å². The number of aromatic hydroxyl groups is 1. The number of phenols is 1. The van der Waals surface area contributed by atoms with Gasteiger partial charge < -0.3 is 20.5 Å². The van der Waals surface area contributed by atoms with Crippen molar-refractivity contribution in [1.82, 2.24) is 15.5 Å². The molecule has 0 aromatic heterocycles. The molecule has 1 fully saturated rings. The third kappa shape index (κ3) is 6.13. The largest absolute Gasteiger partial charge is 0.508 e. The van der Waals surface area contributed by atoms with Crippen LogP contribution in [0.15, 0.2) is 47.5 Å². The SMILES string of the molecule is CN=C(NCCc1ccc(OC)cc1O)NC1CCN(Cc2ccccc2C)CC1. The van der Waals surface area contributed by atoms with Crippen molar-refractivity contribution in [2.75, 3.05) is 33.8 Å². The zero-order chi connectivity index (χ0) is 21.3. The summed E-state index contributed by atoms with van der Waals surface area (Å²) in [6.07, 6.45) is 2.92. The molecule has 1 saturated heterocycles. The van der Waals surface area contributed by atoms with Crippen molar-refractivity contribution >= 4 is 5.96 Å². The third-order valence-electron chi connectivity index (χ3n) is 5.79. The van der Waals surface area contributed by atoms with Crippen LogP contribution < -0.4 is 15.4 Å². The van der Waals surface area contributed by atoms with E-state index in [0.29, 0.717) is 24.8 Å². The molecule has 0 bridgehead atoms. The Morgan fingerprint density at radius 1 is 1.17 bits per heavy atom. The second-order valence-electron chi connectivity index (χ2n) is 7.86. The van der Waals surface area contributed by atoms with Gasteiger partial charge in [0.2, 0.25) is 0 Å². The van der Waals surface area contributed by atoms with Gasteiger partial charge in [0.1, 0.15) is 11.5 Å². The van der Waals surface area contributed by atoms with Crippen molar-refractivity contribution in [1.29, 1.82) is 0 Å². The minimum atomic E-state index is 0.264. The fraction of sp³-hybridized carbons (Fsp3) is 0.458. The van der Waals surface area contributed by atoms with E-state index in [-0.39, 0.29) is 5.75 Å². The number of aryl methyl sites for hydroxylation is 1. The van der Waals surface area contributed by atoms with Crippen LogP contribution in [-0.4, -0.2) is 55.8 Å². The molecule has 0 aliphatic carbocycles. The standard InChI is InChI=1S/C24H34N4O2/c1-18-6-4-5-7-20(18)17-28-14-11-21(12-15-28)27-24(25-2)26-13-10-19-8-9-22(30-3)16-23(19)29/h4-9,16,21,29H,10-15,17H2,1-3H3,(H2,25,26,27). The normalized spacial score (nSPS) is 15.8. The van der Waals surface area contributed by atoms with E-state index in [4.69, 9.17) is 4.74 Å². The molecule has 0 spiro atoms. The maximum atomic E-state index is 10.1. The van der Waals surface area contributed by atoms with Gasteiger partial charge in [0.25, 0.3) is 0 Å². The molecular formula is C24H34N4O2. The van der Waals surface area contributed by atoms with E-state index in [1.54, 1.807) is 20.2 Å². The average Bonchev–Trinajstić information content (AvgIpc) is 2.76. The number of guanidine groups is 1. The molecule has 1 aliphatic rings. The van der Waals surface area contributed by atoms with E-state index in [9.17, 15) is 5.11 Å². The highest BCUT2D eigenvalue weighted by Crippen LogP contribution is 2.23. The summed E-state index contributed by atoms with van der Waals surface area (Å²) >= 11 is 0. The molecule has 6 nitrogen and oxygen atoms in total. The van der Waals surface area contributed by atoms with Gasteiger partial charge in [0.05, 0.1) is 7.11 Å². The lowest BCUT2D eigenvalue weighted by molar-refractivity contribution is 0.198. The smallest absolute Gasteiger partial charge is 0.191 e. The second-order valence-corrected chi connectivity index (χ2v) is 7.86. The Morgan fingerprint density at radius 2 is 1.93 bits per heavy atom. The fourth-order valence-electron chi connectivity index (χ4n) is 3.85. The van der Waals surface area contributed by atoms with Crippen LogP contribution in [-0.2, 0) is 13.0 Å². The Labute approximate surface area is 180 Å². The number of nitrogens with one attached hydrogen (secondary N) is 2. The summed E-state index contributed by atoms with van der Waals surface area (Å²) in [5, 5.41) is 17.0. The molecule has 30 heavy (non-hydrogen) atoms. The van der Waals surface area contributed by atoms with Gasteiger partial charge >= 0.3 is 0 Å². The van der Waals surface area contributed by atoms with Gasteiger partial charge in [0.15, 0.2) is 5.96 Å². The molecule has 0 amide bonds. The van der Waals surface area contributed by atoms with Crippen molar-refractivity contribution < 1.29 is 9.84 Å². The first-order valence-electron chi connectivity index (χ1n) is 10.7. The quantitative estimate of drug-likeness (QED) is 0.483. The number of phenolic OH excluding ortho intramolecular Hbond substituents is 1. The summed E-state index contributed by atoms with van der Waals surface area (Å²) in [6, 6.07) is 14.5. The topological polar surface area (TPSA) is 69.1 Å². The van der Waals surface area contributed by atoms with Crippen LogP contribution in [0.5, 0.6) is 11.5 Å². The van der Waals surface area contributed by atoms with Crippen LogP contribution >= 0.6 is 0 Å². The molecule has 6 heteroatoms. The molecule has 0 radical (unpaired) electrons. The number of benzene rings is 2. The Morgan fingerprint density at radius 3 is 2.60 bits per heavy atom. The molecule has 0 saturated carbocycles. The van der Waals surface area contributed by atoms with E-state index in [1.165, 1.54) is 11.1 Å². The first-order valence-corrected chi connectivity index (χ1v) is 10.7. The number of nitrogens with zero attached hydrogens (tertiary/aromatic N) is 2. The molecule has 3 rings (SSSR count). The summed E-state index contributed by atoms with van der Waals surface area (Å²) in [4.78, 5) is 6.89. The number of aliphatic imine (C=N–C) groups is 1. The average molecular weight is 411 g/mol. The Bertz CT molecular complexity index is 845. The van der Waals surface area contributed by atoms with E-state index >= 15 is 0 Å². The minimum Gasteiger partial charge on any atom is -0.508 e. The van der Waals surface area contributed by atoms with Crippen molar-refractivity contribution in [3.8, 4) is 11.5 Å². The minimum absolute atomic E-state index is 0.264. The number of methoxy groups -OCH3 is 1. The summed E-state index contributed by atoms with van der Waals surface area (Å²) in [5.74, 6) is 1.75. The number of likely N-dealkylation sites (tertiary alicyclic amines) is 1. The van der Waals surface area contributed by atoms with Gasteiger partial charge in [-0.2, -0.15) is 0 Å². The third-order valence-corrected chi connectivity index (χ3v) is 5.79. The second kappa shape index (κ2) is 10.9. The monoisotopic (exact) mass is 410 g/mol. The Hall–Kier alpha value is -2.73. The van der Waals surface area contributed by atoms with E-state index in [1.807, 2.05) is 12.1 Å². The number of hydrogen-bond donors (Lipinski definition) is 3. The van der Waals surface area contributed by atoms with Crippen LogP contribution in [0.4, 0.5) is 0 Å². The van der Waals surface area contributed by atoms with Gasteiger partial charge in [-0.05, 0) is 48.9 Å². The van der Waals surface area contributed by atoms with Crippen LogP contribution in [0.2, 0.25) is 0 Å². The number of hydrogen-bond acceptors (Lipinski definition) is 4. The first kappa shape index (κ1) is 22.0. The van der Waals surface area contributed by atoms with Crippen molar-refractivity contribution in [2.45, 2.75) is 38.8 Å². The highest BCUT2D eigenvalue weighted by atomic mass is 16.5. The highest BCUT2D eigenvalue weighted by Gasteiger charge is 2.20. The zero-order valence-corrected chi connectivity index (χ0v) is 18.3. The highest BCUT2D eigenvalue weighted by molar-refractivity contribution is 5.80. The summed E-state index contributed by atoms with van der Waals surface area (Å²) < 4.78 is 5.13. The van der Waals surface area contributed by atoms with Gasteiger partial charge in [-0.25, -0.2) is 0 Å². The lowest BCUT2D eigenvalue weighted by Gasteiger charge is -2.33. The first-order chi connectivity index (χ1) is 14.6. The van der Waals surface area contributed by atoms with Gasteiger partial charge in [0, 0.05) is 45.3 Å². The van der Waals surface area contributed by atoms with Gasteiger partial charge in [-0.3, -0.25) is 9.89 Å². The lowest BCUT2D eigenvalue weighted by Crippen LogP contribution is -2.48. The maximum absolute atomic E-state index is 10.1. The summed E-state index contributed by atoms with van der Waals surface area (Å²) in [7, 11) is 3.40. The maximum Gasteiger partial charge on any atom is 0.191 e. The van der Waals surface area contributed by atoms with E-state index in [2.05, 4.69) is 51.7 Å². The molecule has 2 aromatic carbocycles. The van der Waals surface area contributed by atoms with Crippen molar-refractivity contribution in [3.05, 3.63) is 59.2 Å². The van der Waals surface area contributed by atoms with E-state index in [0.717, 1.165) is 44.0 Å². The molecule has 0 atom stereocenters. The van der Waals surface area contributed by atoms with Crippen LogP contribution in [0.1, 0.15) is 29.5 Å². The molecular weight excluding hydrogens is 376 g/mol. The molecule has 1 heterocycles. The van der Waals surface area contributed by atoms with Crippen LogP contribution in [0, 0.1) is 6.92 Å². The Kier molecular flexibility index (Phi) is 7.97. The molecule has 162 valence electrons.